The number of nitrogens with two attached hydrogens (primary N) is 1. The van der Waals surface area contributed by atoms with Crippen molar-refractivity contribution >= 4 is 16.7 Å². The minimum atomic E-state index is 0.357. The minimum absolute atomic E-state index is 0.357. The van der Waals surface area contributed by atoms with Gasteiger partial charge in [-0.15, -0.1) is 5.10 Å². The first-order valence-corrected chi connectivity index (χ1v) is 4.97. The average Bonchev–Trinajstić information content (AvgIpc) is 2.51. The first-order chi connectivity index (χ1) is 7.02. The van der Waals surface area contributed by atoms with Crippen LogP contribution in [0.2, 0.25) is 0 Å². The molecular weight excluding hydrogens is 190 g/mol. The molecular formula is C10H15N5. The molecule has 0 saturated heterocycles. The third-order valence-electron chi connectivity index (χ3n) is 2.53. The lowest BCUT2D eigenvalue weighted by molar-refractivity contribution is 0.729. The van der Waals surface area contributed by atoms with Gasteiger partial charge in [-0.1, -0.05) is 13.8 Å². The highest BCUT2D eigenvalue weighted by molar-refractivity contribution is 5.91. The van der Waals surface area contributed by atoms with Crippen LogP contribution in [0.25, 0.3) is 10.9 Å². The number of anilines is 1. The molecule has 2 rings (SSSR count). The topological polar surface area (TPSA) is 69.6 Å². The molecule has 0 aliphatic carbocycles. The second-order valence-electron chi connectivity index (χ2n) is 4.06. The zero-order valence-corrected chi connectivity index (χ0v) is 9.44. The number of hydrogen-bond donors (Lipinski definition) is 1. The van der Waals surface area contributed by atoms with Gasteiger partial charge in [0.1, 0.15) is 5.52 Å². The summed E-state index contributed by atoms with van der Waals surface area (Å²) in [6.07, 6.45) is 0. The molecule has 2 aromatic heterocycles. The van der Waals surface area contributed by atoms with Crippen molar-refractivity contribution in [2.24, 2.45) is 7.05 Å². The lowest BCUT2D eigenvalue weighted by atomic mass is 10.1. The molecule has 2 heterocycles. The SMILES string of the molecule is Cc1nnc(N)c2c1c(C(C)C)nn2C. The smallest absolute Gasteiger partial charge is 0.172 e. The monoisotopic (exact) mass is 205 g/mol. The van der Waals surface area contributed by atoms with E-state index in [0.29, 0.717) is 11.7 Å². The standard InChI is InChI=1S/C10H15N5/c1-5(2)8-7-6(3)12-13-10(11)9(7)15(4)14-8/h5H,1-4H3,(H2,11,13). The molecule has 80 valence electrons. The molecule has 0 aromatic carbocycles. The Morgan fingerprint density at radius 1 is 1.27 bits per heavy atom. The van der Waals surface area contributed by atoms with Crippen LogP contribution in [0.3, 0.4) is 0 Å². The van der Waals surface area contributed by atoms with Crippen molar-refractivity contribution in [2.75, 3.05) is 5.73 Å². The molecule has 0 amide bonds. The summed E-state index contributed by atoms with van der Waals surface area (Å²) in [5.41, 5.74) is 8.60. The maximum absolute atomic E-state index is 5.80. The molecule has 0 atom stereocenters. The maximum atomic E-state index is 5.80. The molecule has 0 bridgehead atoms. The van der Waals surface area contributed by atoms with Crippen LogP contribution in [-0.2, 0) is 7.05 Å². The minimum Gasteiger partial charge on any atom is -0.380 e. The van der Waals surface area contributed by atoms with E-state index in [1.54, 1.807) is 4.68 Å². The number of aromatic nitrogens is 4. The Hall–Kier alpha value is -1.65. The average molecular weight is 205 g/mol. The van der Waals surface area contributed by atoms with E-state index in [2.05, 4.69) is 29.1 Å². The zero-order chi connectivity index (χ0) is 11.2. The van der Waals surface area contributed by atoms with E-state index >= 15 is 0 Å². The third-order valence-corrected chi connectivity index (χ3v) is 2.53. The van der Waals surface area contributed by atoms with E-state index in [-0.39, 0.29) is 0 Å². The fourth-order valence-electron chi connectivity index (χ4n) is 1.83. The lowest BCUT2D eigenvalue weighted by Gasteiger charge is -2.02. The van der Waals surface area contributed by atoms with Crippen molar-refractivity contribution < 1.29 is 0 Å². The van der Waals surface area contributed by atoms with Crippen molar-refractivity contribution in [3.05, 3.63) is 11.4 Å². The van der Waals surface area contributed by atoms with E-state index in [0.717, 1.165) is 22.3 Å². The number of nitrogens with zero attached hydrogens (tertiary/aromatic N) is 4. The van der Waals surface area contributed by atoms with Gasteiger partial charge in [-0.3, -0.25) is 4.68 Å². The van der Waals surface area contributed by atoms with Crippen LogP contribution in [0.15, 0.2) is 0 Å². The Morgan fingerprint density at radius 2 is 1.93 bits per heavy atom. The fraction of sp³-hybridized carbons (Fsp3) is 0.500. The Morgan fingerprint density at radius 3 is 2.53 bits per heavy atom. The van der Waals surface area contributed by atoms with Gasteiger partial charge < -0.3 is 5.73 Å². The summed E-state index contributed by atoms with van der Waals surface area (Å²) >= 11 is 0. The first kappa shape index (κ1) is 9.89. The normalized spacial score (nSPS) is 11.5. The second-order valence-corrected chi connectivity index (χ2v) is 4.06. The Kier molecular flexibility index (Phi) is 2.10. The summed E-state index contributed by atoms with van der Waals surface area (Å²) < 4.78 is 1.78. The predicted molar refractivity (Wildman–Crippen MR) is 59.5 cm³/mol. The number of fused-ring (bicyclic) bond motifs is 1. The number of hydrogen-bond acceptors (Lipinski definition) is 4. The van der Waals surface area contributed by atoms with Crippen LogP contribution in [0.4, 0.5) is 5.82 Å². The van der Waals surface area contributed by atoms with Crippen LogP contribution in [0.1, 0.15) is 31.2 Å². The highest BCUT2D eigenvalue weighted by Crippen LogP contribution is 2.28. The highest BCUT2D eigenvalue weighted by Gasteiger charge is 2.17. The van der Waals surface area contributed by atoms with Crippen LogP contribution in [0.5, 0.6) is 0 Å². The molecule has 15 heavy (non-hydrogen) atoms. The van der Waals surface area contributed by atoms with Gasteiger partial charge >= 0.3 is 0 Å². The molecule has 2 N–H and O–H groups in total. The van der Waals surface area contributed by atoms with E-state index in [9.17, 15) is 0 Å². The second kappa shape index (κ2) is 3.18. The van der Waals surface area contributed by atoms with Crippen molar-refractivity contribution in [3.8, 4) is 0 Å². The van der Waals surface area contributed by atoms with E-state index in [1.165, 1.54) is 0 Å². The van der Waals surface area contributed by atoms with Gasteiger partial charge in [0, 0.05) is 7.05 Å². The van der Waals surface area contributed by atoms with Gasteiger partial charge in [0.2, 0.25) is 0 Å². The van der Waals surface area contributed by atoms with Gasteiger partial charge in [-0.05, 0) is 12.8 Å². The highest BCUT2D eigenvalue weighted by atomic mass is 15.3. The number of aryl methyl sites for hydroxylation is 2. The summed E-state index contributed by atoms with van der Waals surface area (Å²) in [5, 5.41) is 13.5. The fourth-order valence-corrected chi connectivity index (χ4v) is 1.83. The van der Waals surface area contributed by atoms with Crippen molar-refractivity contribution in [1.82, 2.24) is 20.0 Å². The Bertz CT molecular complexity index is 512. The summed E-state index contributed by atoms with van der Waals surface area (Å²) in [7, 11) is 1.88. The predicted octanol–water partition coefficient (Wildman–Crippen LogP) is 1.38. The molecule has 0 fully saturated rings. The van der Waals surface area contributed by atoms with Gasteiger partial charge in [0.15, 0.2) is 5.82 Å². The molecule has 0 unspecified atom stereocenters. The summed E-state index contributed by atoms with van der Waals surface area (Å²) in [5.74, 6) is 0.800. The van der Waals surface area contributed by atoms with Gasteiger partial charge in [0.25, 0.3) is 0 Å². The van der Waals surface area contributed by atoms with Crippen molar-refractivity contribution in [2.45, 2.75) is 26.7 Å². The van der Waals surface area contributed by atoms with E-state index in [1.807, 2.05) is 14.0 Å². The van der Waals surface area contributed by atoms with Crippen molar-refractivity contribution in [1.29, 1.82) is 0 Å². The summed E-state index contributed by atoms with van der Waals surface area (Å²) in [4.78, 5) is 0. The van der Waals surface area contributed by atoms with E-state index in [4.69, 9.17) is 5.73 Å². The molecule has 0 spiro atoms. The zero-order valence-electron chi connectivity index (χ0n) is 9.44. The largest absolute Gasteiger partial charge is 0.380 e. The molecule has 5 nitrogen and oxygen atoms in total. The molecule has 0 aliphatic rings. The summed E-state index contributed by atoms with van der Waals surface area (Å²) in [6, 6.07) is 0. The Balaban J connectivity index is 2.92. The quantitative estimate of drug-likeness (QED) is 0.763. The van der Waals surface area contributed by atoms with Crippen LogP contribution >= 0.6 is 0 Å². The summed E-state index contributed by atoms with van der Waals surface area (Å²) in [6.45, 7) is 6.15. The van der Waals surface area contributed by atoms with Gasteiger partial charge in [0.05, 0.1) is 16.8 Å². The van der Waals surface area contributed by atoms with Crippen LogP contribution < -0.4 is 5.73 Å². The van der Waals surface area contributed by atoms with Crippen molar-refractivity contribution in [3.63, 3.8) is 0 Å². The van der Waals surface area contributed by atoms with Crippen LogP contribution in [-0.4, -0.2) is 20.0 Å². The Labute approximate surface area is 88.3 Å². The van der Waals surface area contributed by atoms with Gasteiger partial charge in [-0.25, -0.2) is 0 Å². The van der Waals surface area contributed by atoms with E-state index < -0.39 is 0 Å². The molecule has 0 aliphatic heterocycles. The van der Waals surface area contributed by atoms with Gasteiger partial charge in [-0.2, -0.15) is 10.2 Å². The molecule has 0 saturated carbocycles. The molecule has 5 heteroatoms. The van der Waals surface area contributed by atoms with Crippen LogP contribution in [0, 0.1) is 6.92 Å². The molecule has 2 aromatic rings. The lowest BCUT2D eigenvalue weighted by Crippen LogP contribution is -2.00. The maximum Gasteiger partial charge on any atom is 0.172 e. The third kappa shape index (κ3) is 1.35. The number of nitrogen functional groups attached to an aromatic ring is 1. The first-order valence-electron chi connectivity index (χ1n) is 4.97. The number of rotatable bonds is 1. The molecule has 0 radical (unpaired) electrons.